The van der Waals surface area contributed by atoms with Crippen molar-refractivity contribution in [1.82, 2.24) is 0 Å². The van der Waals surface area contributed by atoms with Gasteiger partial charge in [0.2, 0.25) is 0 Å². The van der Waals surface area contributed by atoms with Crippen LogP contribution in [-0.4, -0.2) is 0 Å². The highest BCUT2D eigenvalue weighted by Crippen LogP contribution is 2.10. The van der Waals surface area contributed by atoms with E-state index in [1.807, 2.05) is 44.2 Å². The monoisotopic (exact) mass is 172 g/mol. The van der Waals surface area contributed by atoms with Crippen LogP contribution in [0, 0.1) is 18.3 Å². The quantitative estimate of drug-likeness (QED) is 0.696. The Morgan fingerprint density at radius 3 is 2.54 bits per heavy atom. The first-order valence-electron chi connectivity index (χ1n) is 4.12. The summed E-state index contributed by atoms with van der Waals surface area (Å²) in [7, 11) is 0. The molecular formula is C11H12N2. The maximum atomic E-state index is 8.39. The molecule has 0 unspecified atom stereocenters. The summed E-state index contributed by atoms with van der Waals surface area (Å²) in [4.78, 5) is 0. The van der Waals surface area contributed by atoms with E-state index in [4.69, 9.17) is 5.26 Å². The van der Waals surface area contributed by atoms with Crippen molar-refractivity contribution in [2.75, 3.05) is 5.32 Å². The van der Waals surface area contributed by atoms with Crippen LogP contribution in [0.2, 0.25) is 0 Å². The Labute approximate surface area is 78.5 Å². The number of anilines is 1. The number of nitriles is 1. The van der Waals surface area contributed by atoms with Crippen molar-refractivity contribution in [3.8, 4) is 6.07 Å². The Kier molecular flexibility index (Phi) is 3.10. The van der Waals surface area contributed by atoms with Crippen LogP contribution in [-0.2, 0) is 0 Å². The van der Waals surface area contributed by atoms with E-state index in [1.165, 1.54) is 11.6 Å². The lowest BCUT2D eigenvalue weighted by atomic mass is 10.2. The van der Waals surface area contributed by atoms with Gasteiger partial charge in [0.05, 0.1) is 6.07 Å². The third kappa shape index (κ3) is 3.00. The molecule has 0 amide bonds. The summed E-state index contributed by atoms with van der Waals surface area (Å²) in [6.07, 6.45) is 1.49. The van der Waals surface area contributed by atoms with Crippen molar-refractivity contribution < 1.29 is 0 Å². The maximum Gasteiger partial charge on any atom is 0.0930 e. The Bertz CT molecular complexity index is 341. The molecule has 2 nitrogen and oxygen atoms in total. The molecule has 1 aromatic carbocycles. The third-order valence-corrected chi connectivity index (χ3v) is 1.67. The molecule has 0 saturated heterocycles. The van der Waals surface area contributed by atoms with Crippen LogP contribution in [0.25, 0.3) is 0 Å². The van der Waals surface area contributed by atoms with Crippen LogP contribution in [0.3, 0.4) is 0 Å². The minimum absolute atomic E-state index is 0.853. The molecule has 0 fully saturated rings. The third-order valence-electron chi connectivity index (χ3n) is 1.67. The predicted octanol–water partition coefficient (Wildman–Crippen LogP) is 2.83. The molecule has 0 radical (unpaired) electrons. The molecule has 0 saturated carbocycles. The normalized spacial score (nSPS) is 10.7. The SMILES string of the molecule is CC(=CC#N)Nc1ccc(C)cc1. The first-order chi connectivity index (χ1) is 6.22. The molecule has 66 valence electrons. The molecule has 0 aliphatic carbocycles. The number of aryl methyl sites for hydroxylation is 1. The fourth-order valence-corrected chi connectivity index (χ4v) is 0.997. The lowest BCUT2D eigenvalue weighted by molar-refractivity contribution is 1.36. The summed E-state index contributed by atoms with van der Waals surface area (Å²) in [6, 6.07) is 10.0. The van der Waals surface area contributed by atoms with Gasteiger partial charge in [-0.2, -0.15) is 5.26 Å². The fourth-order valence-electron chi connectivity index (χ4n) is 0.997. The smallest absolute Gasteiger partial charge is 0.0930 e. The highest BCUT2D eigenvalue weighted by molar-refractivity contribution is 5.49. The van der Waals surface area contributed by atoms with Gasteiger partial charge in [0, 0.05) is 17.5 Å². The van der Waals surface area contributed by atoms with Crippen LogP contribution in [0.1, 0.15) is 12.5 Å². The van der Waals surface area contributed by atoms with Gasteiger partial charge in [-0.3, -0.25) is 0 Å². The summed E-state index contributed by atoms with van der Waals surface area (Å²) in [5, 5.41) is 11.5. The highest BCUT2D eigenvalue weighted by atomic mass is 14.9. The standard InChI is InChI=1S/C11H12N2/c1-9-3-5-11(6-4-9)13-10(2)7-8-12/h3-7,13H,1-2H3. The predicted molar refractivity (Wildman–Crippen MR) is 54.2 cm³/mol. The topological polar surface area (TPSA) is 35.8 Å². The molecule has 2 heteroatoms. The van der Waals surface area contributed by atoms with E-state index in [-0.39, 0.29) is 0 Å². The molecule has 0 aliphatic rings. The van der Waals surface area contributed by atoms with Gasteiger partial charge in [0.25, 0.3) is 0 Å². The van der Waals surface area contributed by atoms with Crippen LogP contribution in [0.5, 0.6) is 0 Å². The number of nitrogens with one attached hydrogen (secondary N) is 1. The Morgan fingerprint density at radius 1 is 1.38 bits per heavy atom. The van der Waals surface area contributed by atoms with E-state index >= 15 is 0 Å². The van der Waals surface area contributed by atoms with E-state index < -0.39 is 0 Å². The number of rotatable bonds is 2. The number of nitrogens with zero attached hydrogens (tertiary/aromatic N) is 1. The number of benzene rings is 1. The molecule has 0 spiro atoms. The van der Waals surface area contributed by atoms with E-state index in [9.17, 15) is 0 Å². The molecule has 13 heavy (non-hydrogen) atoms. The summed E-state index contributed by atoms with van der Waals surface area (Å²) < 4.78 is 0. The number of hydrogen-bond donors (Lipinski definition) is 1. The van der Waals surface area contributed by atoms with Crippen LogP contribution < -0.4 is 5.32 Å². The van der Waals surface area contributed by atoms with E-state index in [1.54, 1.807) is 0 Å². The van der Waals surface area contributed by atoms with Gasteiger partial charge in [-0.05, 0) is 26.0 Å². The zero-order chi connectivity index (χ0) is 9.68. The van der Waals surface area contributed by atoms with Crippen molar-refractivity contribution in [2.24, 2.45) is 0 Å². The zero-order valence-electron chi connectivity index (χ0n) is 7.83. The first kappa shape index (κ1) is 9.34. The molecular weight excluding hydrogens is 160 g/mol. The van der Waals surface area contributed by atoms with E-state index in [0.717, 1.165) is 11.4 Å². The first-order valence-corrected chi connectivity index (χ1v) is 4.12. The molecule has 1 rings (SSSR count). The summed E-state index contributed by atoms with van der Waals surface area (Å²) in [5.74, 6) is 0. The van der Waals surface area contributed by atoms with Crippen molar-refractivity contribution in [2.45, 2.75) is 13.8 Å². The van der Waals surface area contributed by atoms with Gasteiger partial charge in [-0.1, -0.05) is 17.7 Å². The summed E-state index contributed by atoms with van der Waals surface area (Å²) >= 11 is 0. The van der Waals surface area contributed by atoms with Gasteiger partial charge in [-0.15, -0.1) is 0 Å². The van der Waals surface area contributed by atoms with Crippen LogP contribution in [0.15, 0.2) is 36.0 Å². The Hall–Kier alpha value is -1.75. The van der Waals surface area contributed by atoms with Crippen molar-refractivity contribution >= 4 is 5.69 Å². The minimum atomic E-state index is 0.853. The molecule has 1 N–H and O–H groups in total. The largest absolute Gasteiger partial charge is 0.359 e. The van der Waals surface area contributed by atoms with Gasteiger partial charge in [0.15, 0.2) is 0 Å². The maximum absolute atomic E-state index is 8.39. The molecule has 0 heterocycles. The number of hydrogen-bond acceptors (Lipinski definition) is 2. The fraction of sp³-hybridized carbons (Fsp3) is 0.182. The molecule has 0 atom stereocenters. The molecule has 0 bridgehead atoms. The van der Waals surface area contributed by atoms with Crippen LogP contribution in [0.4, 0.5) is 5.69 Å². The zero-order valence-corrected chi connectivity index (χ0v) is 7.83. The van der Waals surface area contributed by atoms with E-state index in [2.05, 4.69) is 5.32 Å². The highest BCUT2D eigenvalue weighted by Gasteiger charge is 1.91. The number of allylic oxidation sites excluding steroid dienone is 2. The second-order valence-electron chi connectivity index (χ2n) is 2.95. The average molecular weight is 172 g/mol. The molecule has 0 aromatic heterocycles. The lowest BCUT2D eigenvalue weighted by Crippen LogP contribution is -1.94. The lowest BCUT2D eigenvalue weighted by Gasteiger charge is -2.04. The van der Waals surface area contributed by atoms with Gasteiger partial charge in [-0.25, -0.2) is 0 Å². The van der Waals surface area contributed by atoms with Crippen molar-refractivity contribution in [3.05, 3.63) is 41.6 Å². The molecule has 0 aliphatic heterocycles. The summed E-state index contributed by atoms with van der Waals surface area (Å²) in [6.45, 7) is 3.91. The van der Waals surface area contributed by atoms with Gasteiger partial charge >= 0.3 is 0 Å². The van der Waals surface area contributed by atoms with Gasteiger partial charge in [0.1, 0.15) is 0 Å². The second kappa shape index (κ2) is 4.32. The minimum Gasteiger partial charge on any atom is -0.359 e. The van der Waals surface area contributed by atoms with Gasteiger partial charge < -0.3 is 5.32 Å². The van der Waals surface area contributed by atoms with Crippen LogP contribution >= 0.6 is 0 Å². The van der Waals surface area contributed by atoms with E-state index in [0.29, 0.717) is 0 Å². The van der Waals surface area contributed by atoms with Crippen molar-refractivity contribution in [3.63, 3.8) is 0 Å². The van der Waals surface area contributed by atoms with Crippen molar-refractivity contribution in [1.29, 1.82) is 5.26 Å². The Morgan fingerprint density at radius 2 is 2.00 bits per heavy atom. The Balaban J connectivity index is 2.71. The average Bonchev–Trinajstić information content (AvgIpc) is 2.09. The summed E-state index contributed by atoms with van der Waals surface area (Å²) in [5.41, 5.74) is 3.09. The molecule has 1 aromatic rings. The second-order valence-corrected chi connectivity index (χ2v) is 2.95.